The zero-order valence-corrected chi connectivity index (χ0v) is 12.9. The smallest absolute Gasteiger partial charge is 0.163 e. The third-order valence-corrected chi connectivity index (χ3v) is 3.72. The predicted octanol–water partition coefficient (Wildman–Crippen LogP) is 3.18. The maximum atomic E-state index is 12.4. The normalized spacial score (nSPS) is 11.5. The number of aryl methyl sites for hydroxylation is 1. The number of carbonyl (C=O) groups excluding carboxylic acids is 1. The van der Waals surface area contributed by atoms with Crippen LogP contribution in [0, 0.1) is 26.2 Å². The third kappa shape index (κ3) is 3.35. The number of benzene rings is 1. The fraction of sp³-hybridized carbons (Fsp3) is 0.562. The molecule has 0 amide bonds. The van der Waals surface area contributed by atoms with Crippen LogP contribution in [0.1, 0.15) is 47.3 Å². The van der Waals surface area contributed by atoms with Gasteiger partial charge in [0.15, 0.2) is 5.78 Å². The molecule has 3 nitrogen and oxygen atoms in total. The Morgan fingerprint density at radius 1 is 1.26 bits per heavy atom. The Labute approximate surface area is 116 Å². The van der Waals surface area contributed by atoms with Gasteiger partial charge in [0.25, 0.3) is 0 Å². The number of hydrogen-bond donors (Lipinski definition) is 1. The second-order valence-corrected chi connectivity index (χ2v) is 5.99. The highest BCUT2D eigenvalue weighted by Crippen LogP contribution is 2.31. The molecule has 3 heteroatoms. The highest BCUT2D eigenvalue weighted by Gasteiger charge is 2.23. The average Bonchev–Trinajstić information content (AvgIpc) is 2.33. The minimum atomic E-state index is -0.161. The Kier molecular flexibility index (Phi) is 4.75. The zero-order valence-electron chi connectivity index (χ0n) is 12.9. The molecule has 1 rings (SSSR count). The first-order chi connectivity index (χ1) is 8.73. The summed E-state index contributed by atoms with van der Waals surface area (Å²) in [5, 5.41) is 0. The number of nitrogens with two attached hydrogens (primary N) is 1. The molecule has 0 aliphatic carbocycles. The fourth-order valence-corrected chi connectivity index (χ4v) is 2.26. The lowest BCUT2D eigenvalue weighted by Gasteiger charge is -2.22. The molecule has 1 aromatic carbocycles. The van der Waals surface area contributed by atoms with Crippen molar-refractivity contribution in [3.8, 4) is 5.75 Å². The number of ether oxygens (including phenoxy) is 1. The quantitative estimate of drug-likeness (QED) is 0.830. The van der Waals surface area contributed by atoms with Gasteiger partial charge < -0.3 is 10.5 Å². The summed E-state index contributed by atoms with van der Waals surface area (Å²) in [6.07, 6.45) is 0.468. The van der Waals surface area contributed by atoms with Crippen molar-refractivity contribution in [2.45, 2.75) is 41.0 Å². The van der Waals surface area contributed by atoms with Crippen LogP contribution < -0.4 is 10.5 Å². The van der Waals surface area contributed by atoms with E-state index in [0.29, 0.717) is 13.0 Å². The Morgan fingerprint density at radius 2 is 1.84 bits per heavy atom. The third-order valence-electron chi connectivity index (χ3n) is 3.72. The van der Waals surface area contributed by atoms with E-state index in [2.05, 4.69) is 0 Å². The standard InChI is InChI=1S/C16H25NO2/c1-10-7-13(11(2)12(3)15(10)19-6)14(18)8-16(4,5)9-17/h7H,8-9,17H2,1-6H3. The van der Waals surface area contributed by atoms with Gasteiger partial charge in [0.05, 0.1) is 7.11 Å². The number of methoxy groups -OCH3 is 1. The largest absolute Gasteiger partial charge is 0.496 e. The first kappa shape index (κ1) is 15.7. The summed E-state index contributed by atoms with van der Waals surface area (Å²) in [4.78, 5) is 12.4. The Balaban J connectivity index is 3.19. The molecular weight excluding hydrogens is 238 g/mol. The van der Waals surface area contributed by atoms with Crippen LogP contribution in [-0.4, -0.2) is 19.4 Å². The number of ketones is 1. The van der Waals surface area contributed by atoms with E-state index in [1.165, 1.54) is 0 Å². The van der Waals surface area contributed by atoms with Gasteiger partial charge in [0.1, 0.15) is 5.75 Å². The summed E-state index contributed by atoms with van der Waals surface area (Å²) in [7, 11) is 1.66. The summed E-state index contributed by atoms with van der Waals surface area (Å²) in [6, 6.07) is 1.93. The fourth-order valence-electron chi connectivity index (χ4n) is 2.26. The van der Waals surface area contributed by atoms with Gasteiger partial charge >= 0.3 is 0 Å². The SMILES string of the molecule is COc1c(C)cc(C(=O)CC(C)(C)CN)c(C)c1C. The monoisotopic (exact) mass is 263 g/mol. The highest BCUT2D eigenvalue weighted by molar-refractivity contribution is 5.98. The van der Waals surface area contributed by atoms with Gasteiger partial charge in [0.2, 0.25) is 0 Å². The minimum Gasteiger partial charge on any atom is -0.496 e. The van der Waals surface area contributed by atoms with Crippen molar-refractivity contribution in [3.63, 3.8) is 0 Å². The van der Waals surface area contributed by atoms with Crippen molar-refractivity contribution in [2.24, 2.45) is 11.1 Å². The van der Waals surface area contributed by atoms with Crippen molar-refractivity contribution in [3.05, 3.63) is 28.3 Å². The first-order valence-electron chi connectivity index (χ1n) is 6.61. The van der Waals surface area contributed by atoms with Crippen molar-refractivity contribution in [2.75, 3.05) is 13.7 Å². The molecule has 0 aromatic heterocycles. The Bertz CT molecular complexity index is 490. The molecule has 1 aromatic rings. The molecule has 0 radical (unpaired) electrons. The predicted molar refractivity (Wildman–Crippen MR) is 79.0 cm³/mol. The van der Waals surface area contributed by atoms with Crippen LogP contribution in [0.5, 0.6) is 5.75 Å². The van der Waals surface area contributed by atoms with E-state index in [4.69, 9.17) is 10.5 Å². The molecule has 0 unspecified atom stereocenters. The van der Waals surface area contributed by atoms with Crippen molar-refractivity contribution in [1.29, 1.82) is 0 Å². The van der Waals surface area contributed by atoms with E-state index in [1.807, 2.05) is 40.7 Å². The maximum Gasteiger partial charge on any atom is 0.163 e. The van der Waals surface area contributed by atoms with Crippen LogP contribution in [0.25, 0.3) is 0 Å². The highest BCUT2D eigenvalue weighted by atomic mass is 16.5. The van der Waals surface area contributed by atoms with Crippen molar-refractivity contribution < 1.29 is 9.53 Å². The van der Waals surface area contributed by atoms with Gasteiger partial charge in [-0.05, 0) is 55.5 Å². The van der Waals surface area contributed by atoms with Crippen LogP contribution in [-0.2, 0) is 0 Å². The van der Waals surface area contributed by atoms with E-state index in [9.17, 15) is 4.79 Å². The Hall–Kier alpha value is -1.35. The molecular formula is C16H25NO2. The molecule has 0 fully saturated rings. The first-order valence-corrected chi connectivity index (χ1v) is 6.61. The molecule has 0 aliphatic rings. The van der Waals surface area contributed by atoms with E-state index in [0.717, 1.165) is 28.0 Å². The molecule has 2 N–H and O–H groups in total. The van der Waals surface area contributed by atoms with Crippen molar-refractivity contribution in [1.82, 2.24) is 0 Å². The number of hydrogen-bond acceptors (Lipinski definition) is 3. The summed E-state index contributed by atoms with van der Waals surface area (Å²) >= 11 is 0. The van der Waals surface area contributed by atoms with E-state index in [-0.39, 0.29) is 11.2 Å². The zero-order chi connectivity index (χ0) is 14.8. The average molecular weight is 263 g/mol. The summed E-state index contributed by atoms with van der Waals surface area (Å²) < 4.78 is 5.38. The van der Waals surface area contributed by atoms with Crippen LogP contribution in [0.4, 0.5) is 0 Å². The van der Waals surface area contributed by atoms with Crippen LogP contribution in [0.15, 0.2) is 6.07 Å². The second-order valence-electron chi connectivity index (χ2n) is 5.99. The van der Waals surface area contributed by atoms with Crippen LogP contribution >= 0.6 is 0 Å². The lowest BCUT2D eigenvalue weighted by molar-refractivity contribution is 0.0934. The van der Waals surface area contributed by atoms with E-state index >= 15 is 0 Å². The molecule has 0 heterocycles. The van der Waals surface area contributed by atoms with Gasteiger partial charge in [-0.2, -0.15) is 0 Å². The van der Waals surface area contributed by atoms with Crippen molar-refractivity contribution >= 4 is 5.78 Å². The lowest BCUT2D eigenvalue weighted by atomic mass is 9.84. The number of rotatable bonds is 5. The van der Waals surface area contributed by atoms with Gasteiger partial charge in [-0.1, -0.05) is 13.8 Å². The maximum absolute atomic E-state index is 12.4. The van der Waals surface area contributed by atoms with E-state index in [1.54, 1.807) is 7.11 Å². The Morgan fingerprint density at radius 3 is 2.32 bits per heavy atom. The summed E-state index contributed by atoms with van der Waals surface area (Å²) in [5.74, 6) is 1.02. The summed E-state index contributed by atoms with van der Waals surface area (Å²) in [5.41, 5.74) is 9.37. The topological polar surface area (TPSA) is 52.3 Å². The molecule has 0 aliphatic heterocycles. The number of carbonyl (C=O) groups is 1. The molecule has 0 spiro atoms. The molecule has 19 heavy (non-hydrogen) atoms. The van der Waals surface area contributed by atoms with Gasteiger partial charge in [-0.3, -0.25) is 4.79 Å². The van der Waals surface area contributed by atoms with Gasteiger partial charge in [-0.25, -0.2) is 0 Å². The van der Waals surface area contributed by atoms with E-state index < -0.39 is 0 Å². The van der Waals surface area contributed by atoms with Gasteiger partial charge in [0, 0.05) is 12.0 Å². The van der Waals surface area contributed by atoms with Crippen LogP contribution in [0.3, 0.4) is 0 Å². The van der Waals surface area contributed by atoms with Gasteiger partial charge in [-0.15, -0.1) is 0 Å². The molecule has 0 bridgehead atoms. The number of Topliss-reactive ketones (excluding diaryl/α,β-unsaturated/α-hetero) is 1. The summed E-state index contributed by atoms with van der Waals surface area (Å²) in [6.45, 7) is 10.5. The molecule has 0 saturated heterocycles. The lowest BCUT2D eigenvalue weighted by Crippen LogP contribution is -2.27. The molecule has 106 valence electrons. The molecule has 0 atom stereocenters. The molecule has 0 saturated carbocycles. The second kappa shape index (κ2) is 5.74. The minimum absolute atomic E-state index is 0.154. The van der Waals surface area contributed by atoms with Crippen LogP contribution in [0.2, 0.25) is 0 Å².